The number of hydrogen-bond acceptors (Lipinski definition) is 1. The molecule has 216 valence electrons. The summed E-state index contributed by atoms with van der Waals surface area (Å²) in [6.07, 6.45) is 31.1. The Labute approximate surface area is 233 Å². The summed E-state index contributed by atoms with van der Waals surface area (Å²) in [4.78, 5) is 0. The summed E-state index contributed by atoms with van der Waals surface area (Å²) in [6.45, 7) is 11.5. The second kappa shape index (κ2) is 23.0. The van der Waals surface area contributed by atoms with Gasteiger partial charge in [-0.15, -0.1) is 0 Å². The molecule has 0 fully saturated rings. The first kappa shape index (κ1) is 34.0. The van der Waals surface area contributed by atoms with Crippen molar-refractivity contribution in [2.75, 3.05) is 0 Å². The van der Waals surface area contributed by atoms with Crippen molar-refractivity contribution >= 4 is 0 Å². The summed E-state index contributed by atoms with van der Waals surface area (Å²) < 4.78 is 0. The van der Waals surface area contributed by atoms with Crippen molar-refractivity contribution in [2.45, 2.75) is 194 Å². The van der Waals surface area contributed by atoms with Crippen molar-refractivity contribution in [1.82, 2.24) is 0 Å². The van der Waals surface area contributed by atoms with Crippen LogP contribution in [0, 0.1) is 0 Å². The maximum absolute atomic E-state index is 11.3. The van der Waals surface area contributed by atoms with Crippen LogP contribution >= 0.6 is 0 Å². The van der Waals surface area contributed by atoms with Gasteiger partial charge in [-0.05, 0) is 47.8 Å². The van der Waals surface area contributed by atoms with Gasteiger partial charge in [0.15, 0.2) is 0 Å². The second-order valence-electron chi connectivity index (χ2n) is 12.2. The molecule has 0 spiro atoms. The van der Waals surface area contributed by atoms with E-state index in [9.17, 15) is 5.11 Å². The third-order valence-corrected chi connectivity index (χ3v) is 8.68. The molecule has 0 aromatic heterocycles. The maximum Gasteiger partial charge on any atom is 0.122 e. The molecule has 0 heterocycles. The standard InChI is InChI=1S/C36H66O/c1-6-9-11-13-15-17-19-21-23-25-27-31(4)34-29-33(8-3)30-35(36(34)37)32(5)28-26-24-22-20-18-16-14-12-10-7-2/h29-32,37H,6-28H2,1-5H3. The average molecular weight is 515 g/mol. The lowest BCUT2D eigenvalue weighted by molar-refractivity contribution is 0.441. The van der Waals surface area contributed by atoms with Gasteiger partial charge in [0.25, 0.3) is 0 Å². The molecule has 0 aliphatic carbocycles. The lowest BCUT2D eigenvalue weighted by atomic mass is 9.85. The van der Waals surface area contributed by atoms with Gasteiger partial charge in [-0.3, -0.25) is 0 Å². The van der Waals surface area contributed by atoms with E-state index in [0.717, 1.165) is 6.42 Å². The van der Waals surface area contributed by atoms with Crippen LogP contribution in [0.5, 0.6) is 5.75 Å². The van der Waals surface area contributed by atoms with Gasteiger partial charge in [-0.25, -0.2) is 0 Å². The van der Waals surface area contributed by atoms with Crippen LogP contribution in [-0.4, -0.2) is 5.11 Å². The van der Waals surface area contributed by atoms with Crippen LogP contribution in [0.4, 0.5) is 0 Å². The minimum absolute atomic E-state index is 0.448. The number of hydrogen-bond donors (Lipinski definition) is 1. The SMILES string of the molecule is CCCCCCCCCCCCC(C)c1cc(CC)cc(C(C)CCCCCCCCCCCC)c1O. The first-order valence-corrected chi connectivity index (χ1v) is 16.9. The highest BCUT2D eigenvalue weighted by Crippen LogP contribution is 2.38. The van der Waals surface area contributed by atoms with Gasteiger partial charge in [0, 0.05) is 0 Å². The molecule has 0 bridgehead atoms. The Balaban J connectivity index is 2.38. The van der Waals surface area contributed by atoms with Crippen LogP contribution < -0.4 is 0 Å². The van der Waals surface area contributed by atoms with E-state index in [1.165, 1.54) is 158 Å². The normalized spacial score (nSPS) is 13.2. The van der Waals surface area contributed by atoms with Crippen molar-refractivity contribution < 1.29 is 5.11 Å². The number of phenolic OH excluding ortho intramolecular Hbond substituents is 1. The number of phenols is 1. The van der Waals surface area contributed by atoms with Gasteiger partial charge in [-0.1, -0.05) is 175 Å². The lowest BCUT2D eigenvalue weighted by Crippen LogP contribution is -2.02. The fourth-order valence-electron chi connectivity index (χ4n) is 5.89. The van der Waals surface area contributed by atoms with Crippen LogP contribution in [0.15, 0.2) is 12.1 Å². The molecular weight excluding hydrogens is 448 g/mol. The Morgan fingerprint density at radius 2 is 0.784 bits per heavy atom. The summed E-state index contributed by atoms with van der Waals surface area (Å²) in [6, 6.07) is 4.60. The van der Waals surface area contributed by atoms with Crippen molar-refractivity contribution in [2.24, 2.45) is 0 Å². The summed E-state index contributed by atoms with van der Waals surface area (Å²) in [7, 11) is 0. The fraction of sp³-hybridized carbons (Fsp3) is 0.833. The minimum Gasteiger partial charge on any atom is -0.507 e. The fourth-order valence-corrected chi connectivity index (χ4v) is 5.89. The van der Waals surface area contributed by atoms with Crippen molar-refractivity contribution in [1.29, 1.82) is 0 Å². The molecule has 0 radical (unpaired) electrons. The monoisotopic (exact) mass is 515 g/mol. The van der Waals surface area contributed by atoms with Crippen LogP contribution in [-0.2, 0) is 6.42 Å². The van der Waals surface area contributed by atoms with Crippen LogP contribution in [0.3, 0.4) is 0 Å². The summed E-state index contributed by atoms with van der Waals surface area (Å²) in [5.41, 5.74) is 3.81. The molecule has 0 saturated carbocycles. The molecule has 1 N–H and O–H groups in total. The second-order valence-corrected chi connectivity index (χ2v) is 12.2. The van der Waals surface area contributed by atoms with E-state index in [1.807, 2.05) is 0 Å². The Morgan fingerprint density at radius 3 is 1.08 bits per heavy atom. The molecule has 1 aromatic rings. The quantitative estimate of drug-likeness (QED) is 0.129. The Hall–Kier alpha value is -0.980. The van der Waals surface area contributed by atoms with Gasteiger partial charge in [0.1, 0.15) is 5.75 Å². The Morgan fingerprint density at radius 1 is 0.486 bits per heavy atom. The third-order valence-electron chi connectivity index (χ3n) is 8.68. The zero-order valence-corrected chi connectivity index (χ0v) is 26.0. The summed E-state index contributed by atoms with van der Waals surface area (Å²) >= 11 is 0. The first-order chi connectivity index (χ1) is 18.0. The van der Waals surface area contributed by atoms with E-state index in [4.69, 9.17) is 0 Å². The number of unbranched alkanes of at least 4 members (excludes halogenated alkanes) is 18. The molecule has 2 atom stereocenters. The highest BCUT2D eigenvalue weighted by molar-refractivity contribution is 5.47. The van der Waals surface area contributed by atoms with Crippen LogP contribution in [0.2, 0.25) is 0 Å². The molecule has 2 unspecified atom stereocenters. The van der Waals surface area contributed by atoms with Crippen molar-refractivity contribution in [3.8, 4) is 5.75 Å². The molecule has 0 amide bonds. The molecule has 1 rings (SSSR count). The van der Waals surface area contributed by atoms with E-state index in [0.29, 0.717) is 17.6 Å². The largest absolute Gasteiger partial charge is 0.507 e. The van der Waals surface area contributed by atoms with Gasteiger partial charge in [0.05, 0.1) is 0 Å². The molecule has 1 heteroatoms. The summed E-state index contributed by atoms with van der Waals surface area (Å²) in [5.74, 6) is 1.50. The Kier molecular flexibility index (Phi) is 21.1. The number of rotatable bonds is 25. The topological polar surface area (TPSA) is 20.2 Å². The van der Waals surface area contributed by atoms with E-state index in [2.05, 4.69) is 46.8 Å². The van der Waals surface area contributed by atoms with Crippen LogP contribution in [0.1, 0.15) is 204 Å². The number of benzene rings is 1. The zero-order chi connectivity index (χ0) is 27.1. The van der Waals surface area contributed by atoms with E-state index in [-0.39, 0.29) is 0 Å². The zero-order valence-electron chi connectivity index (χ0n) is 26.0. The molecule has 0 aliphatic rings. The number of aryl methyl sites for hydroxylation is 1. The summed E-state index contributed by atoms with van der Waals surface area (Å²) in [5, 5.41) is 11.3. The maximum atomic E-state index is 11.3. The average Bonchev–Trinajstić information content (AvgIpc) is 2.90. The molecule has 0 saturated heterocycles. The van der Waals surface area contributed by atoms with Crippen molar-refractivity contribution in [3.05, 3.63) is 28.8 Å². The predicted octanol–water partition coefficient (Wildman–Crippen LogP) is 12.8. The highest BCUT2D eigenvalue weighted by atomic mass is 16.3. The highest BCUT2D eigenvalue weighted by Gasteiger charge is 2.18. The minimum atomic E-state index is 0.448. The first-order valence-electron chi connectivity index (χ1n) is 16.9. The third kappa shape index (κ3) is 15.9. The Bertz CT molecular complexity index is 597. The smallest absolute Gasteiger partial charge is 0.122 e. The van der Waals surface area contributed by atoms with E-state index >= 15 is 0 Å². The van der Waals surface area contributed by atoms with Crippen LogP contribution in [0.25, 0.3) is 0 Å². The van der Waals surface area contributed by atoms with Gasteiger partial charge < -0.3 is 5.11 Å². The van der Waals surface area contributed by atoms with Crippen molar-refractivity contribution in [3.63, 3.8) is 0 Å². The van der Waals surface area contributed by atoms with E-state index in [1.54, 1.807) is 0 Å². The van der Waals surface area contributed by atoms with Gasteiger partial charge in [0.2, 0.25) is 0 Å². The number of aromatic hydroxyl groups is 1. The van der Waals surface area contributed by atoms with E-state index < -0.39 is 0 Å². The molecule has 0 aliphatic heterocycles. The molecule has 1 nitrogen and oxygen atoms in total. The van der Waals surface area contributed by atoms with Gasteiger partial charge >= 0.3 is 0 Å². The lowest BCUT2D eigenvalue weighted by Gasteiger charge is -2.21. The molecule has 37 heavy (non-hydrogen) atoms. The molecular formula is C36H66O. The molecule has 1 aromatic carbocycles. The van der Waals surface area contributed by atoms with Gasteiger partial charge in [-0.2, -0.15) is 0 Å². The predicted molar refractivity (Wildman–Crippen MR) is 167 cm³/mol.